The molecule has 1 saturated heterocycles. The highest BCUT2D eigenvalue weighted by atomic mass is 16.2. The molecule has 6 nitrogen and oxygen atoms in total. The molecule has 1 atom stereocenters. The van der Waals surface area contributed by atoms with Gasteiger partial charge in [0.15, 0.2) is 0 Å². The Morgan fingerprint density at radius 3 is 2.50 bits per heavy atom. The topological polar surface area (TPSA) is 58.4 Å². The molecular formula is C16H26N4O2. The van der Waals surface area contributed by atoms with Gasteiger partial charge in [-0.1, -0.05) is 19.8 Å². The number of hydrogen-bond acceptors (Lipinski definition) is 3. The third kappa shape index (κ3) is 2.87. The Labute approximate surface area is 132 Å². The van der Waals surface area contributed by atoms with Gasteiger partial charge in [0.05, 0.1) is 11.3 Å². The molecule has 2 amide bonds. The van der Waals surface area contributed by atoms with E-state index in [1.807, 2.05) is 27.9 Å². The summed E-state index contributed by atoms with van der Waals surface area (Å²) in [6.45, 7) is 7.01. The lowest BCUT2D eigenvalue weighted by molar-refractivity contribution is -0.138. The number of aryl methyl sites for hydroxylation is 2. The maximum absolute atomic E-state index is 13.0. The molecule has 1 fully saturated rings. The number of hydrogen-bond donors (Lipinski definition) is 0. The molecule has 122 valence electrons. The summed E-state index contributed by atoms with van der Waals surface area (Å²) in [5.41, 5.74) is 2.22. The molecule has 0 spiro atoms. The van der Waals surface area contributed by atoms with Crippen LogP contribution in [0.25, 0.3) is 0 Å². The van der Waals surface area contributed by atoms with Gasteiger partial charge in [0.25, 0.3) is 5.91 Å². The molecule has 2 heterocycles. The predicted molar refractivity (Wildman–Crippen MR) is 84.7 cm³/mol. The lowest BCUT2D eigenvalue weighted by Gasteiger charge is -2.39. The van der Waals surface area contributed by atoms with Crippen molar-refractivity contribution in [2.75, 3.05) is 20.1 Å². The van der Waals surface area contributed by atoms with Gasteiger partial charge in [0.1, 0.15) is 6.04 Å². The van der Waals surface area contributed by atoms with Crippen molar-refractivity contribution in [3.05, 3.63) is 17.0 Å². The number of unbranched alkanes of at least 4 members (excludes halogenated alkanes) is 1. The van der Waals surface area contributed by atoms with E-state index in [4.69, 9.17) is 0 Å². The van der Waals surface area contributed by atoms with Gasteiger partial charge in [-0.05, 0) is 20.3 Å². The van der Waals surface area contributed by atoms with Crippen LogP contribution < -0.4 is 0 Å². The summed E-state index contributed by atoms with van der Waals surface area (Å²) in [5.74, 6) is -0.0158. The van der Waals surface area contributed by atoms with Gasteiger partial charge in [-0.3, -0.25) is 14.3 Å². The van der Waals surface area contributed by atoms with Crippen LogP contribution in [0.4, 0.5) is 0 Å². The van der Waals surface area contributed by atoms with E-state index in [1.54, 1.807) is 14.5 Å². The summed E-state index contributed by atoms with van der Waals surface area (Å²) in [7, 11) is 3.65. The lowest BCUT2D eigenvalue weighted by Crippen LogP contribution is -2.57. The van der Waals surface area contributed by atoms with Crippen LogP contribution in [0.1, 0.15) is 47.9 Å². The minimum absolute atomic E-state index is 0.0484. The van der Waals surface area contributed by atoms with E-state index in [2.05, 4.69) is 12.0 Å². The molecule has 0 bridgehead atoms. The maximum Gasteiger partial charge on any atom is 0.258 e. The Morgan fingerprint density at radius 1 is 1.27 bits per heavy atom. The second-order valence-electron chi connectivity index (χ2n) is 6.09. The zero-order valence-electron chi connectivity index (χ0n) is 14.2. The molecule has 0 radical (unpaired) electrons. The first-order valence-electron chi connectivity index (χ1n) is 7.94. The van der Waals surface area contributed by atoms with Crippen molar-refractivity contribution in [3.8, 4) is 0 Å². The molecule has 0 N–H and O–H groups in total. The number of piperazine rings is 1. The zero-order valence-corrected chi connectivity index (χ0v) is 14.2. The third-order valence-electron chi connectivity index (χ3n) is 4.53. The van der Waals surface area contributed by atoms with Crippen LogP contribution in [0.3, 0.4) is 0 Å². The number of nitrogens with zero attached hydrogens (tertiary/aromatic N) is 4. The molecule has 0 aliphatic carbocycles. The van der Waals surface area contributed by atoms with E-state index in [1.165, 1.54) is 0 Å². The van der Waals surface area contributed by atoms with Crippen molar-refractivity contribution in [2.45, 2.75) is 46.1 Å². The minimum Gasteiger partial charge on any atom is -0.342 e. The van der Waals surface area contributed by atoms with Crippen LogP contribution in [0.5, 0.6) is 0 Å². The Kier molecular flexibility index (Phi) is 4.88. The average molecular weight is 306 g/mol. The van der Waals surface area contributed by atoms with Gasteiger partial charge in [-0.25, -0.2) is 0 Å². The smallest absolute Gasteiger partial charge is 0.258 e. The summed E-state index contributed by atoms with van der Waals surface area (Å²) < 4.78 is 1.72. The van der Waals surface area contributed by atoms with Crippen molar-refractivity contribution in [3.63, 3.8) is 0 Å². The largest absolute Gasteiger partial charge is 0.342 e. The highest BCUT2D eigenvalue weighted by Gasteiger charge is 2.37. The second-order valence-corrected chi connectivity index (χ2v) is 6.09. The molecule has 1 aliphatic heterocycles. The van der Waals surface area contributed by atoms with Crippen molar-refractivity contribution >= 4 is 11.8 Å². The standard InChI is InChI=1S/C16H26N4O2/c1-6-7-8-13-15(21)18(4)9-10-20(13)16(22)14-11(2)17-19(5)12(14)3/h13H,6-10H2,1-5H3/t13-/m1/s1. The molecule has 0 unspecified atom stereocenters. The predicted octanol–water partition coefficient (Wildman–Crippen LogP) is 1.51. The van der Waals surface area contributed by atoms with Crippen molar-refractivity contribution in [1.29, 1.82) is 0 Å². The molecule has 2 rings (SSSR count). The molecular weight excluding hydrogens is 280 g/mol. The van der Waals surface area contributed by atoms with Gasteiger partial charge < -0.3 is 9.80 Å². The van der Waals surface area contributed by atoms with Gasteiger partial charge in [0, 0.05) is 32.9 Å². The van der Waals surface area contributed by atoms with E-state index in [9.17, 15) is 9.59 Å². The molecule has 22 heavy (non-hydrogen) atoms. The summed E-state index contributed by atoms with van der Waals surface area (Å²) in [4.78, 5) is 28.9. The first kappa shape index (κ1) is 16.5. The van der Waals surface area contributed by atoms with E-state index >= 15 is 0 Å². The SMILES string of the molecule is CCCC[C@@H]1C(=O)N(C)CCN1C(=O)c1c(C)nn(C)c1C. The average Bonchev–Trinajstić information content (AvgIpc) is 2.73. The second kappa shape index (κ2) is 6.50. The van der Waals surface area contributed by atoms with Crippen molar-refractivity contribution in [1.82, 2.24) is 19.6 Å². The fraction of sp³-hybridized carbons (Fsp3) is 0.688. The van der Waals surface area contributed by atoms with Crippen molar-refractivity contribution in [2.24, 2.45) is 7.05 Å². The monoisotopic (exact) mass is 306 g/mol. The van der Waals surface area contributed by atoms with Crippen LogP contribution >= 0.6 is 0 Å². The summed E-state index contributed by atoms with van der Waals surface area (Å²) in [6.07, 6.45) is 2.68. The number of carbonyl (C=O) groups is 2. The van der Waals surface area contributed by atoms with Gasteiger partial charge in [0.2, 0.25) is 5.91 Å². The Bertz CT molecular complexity index is 579. The quantitative estimate of drug-likeness (QED) is 0.847. The summed E-state index contributed by atoms with van der Waals surface area (Å²) >= 11 is 0. The fourth-order valence-corrected chi connectivity index (χ4v) is 3.06. The molecule has 1 aromatic rings. The van der Waals surface area contributed by atoms with E-state index in [0.29, 0.717) is 18.7 Å². The van der Waals surface area contributed by atoms with Crippen LogP contribution in [0.2, 0.25) is 0 Å². The lowest BCUT2D eigenvalue weighted by atomic mass is 10.0. The minimum atomic E-state index is -0.342. The highest BCUT2D eigenvalue weighted by molar-refractivity contribution is 5.99. The Morgan fingerprint density at radius 2 is 1.95 bits per heavy atom. The van der Waals surface area contributed by atoms with Crippen LogP contribution in [-0.2, 0) is 11.8 Å². The van der Waals surface area contributed by atoms with E-state index < -0.39 is 0 Å². The Hall–Kier alpha value is -1.85. The zero-order chi connectivity index (χ0) is 16.4. The van der Waals surface area contributed by atoms with Gasteiger partial charge >= 0.3 is 0 Å². The first-order valence-corrected chi connectivity index (χ1v) is 7.94. The van der Waals surface area contributed by atoms with Crippen LogP contribution in [0, 0.1) is 13.8 Å². The van der Waals surface area contributed by atoms with Gasteiger partial charge in [-0.15, -0.1) is 0 Å². The number of likely N-dealkylation sites (N-methyl/N-ethyl adjacent to an activating group) is 1. The van der Waals surface area contributed by atoms with E-state index in [-0.39, 0.29) is 17.9 Å². The summed E-state index contributed by atoms with van der Waals surface area (Å²) in [6, 6.07) is -0.342. The first-order chi connectivity index (χ1) is 10.4. The number of rotatable bonds is 4. The molecule has 0 aromatic carbocycles. The fourth-order valence-electron chi connectivity index (χ4n) is 3.06. The molecule has 0 saturated carbocycles. The molecule has 6 heteroatoms. The number of aromatic nitrogens is 2. The third-order valence-corrected chi connectivity index (χ3v) is 4.53. The Balaban J connectivity index is 2.31. The van der Waals surface area contributed by atoms with Crippen LogP contribution in [-0.4, -0.2) is 57.6 Å². The number of carbonyl (C=O) groups excluding carboxylic acids is 2. The van der Waals surface area contributed by atoms with Crippen molar-refractivity contribution < 1.29 is 9.59 Å². The maximum atomic E-state index is 13.0. The summed E-state index contributed by atoms with van der Waals surface area (Å²) in [5, 5.41) is 4.32. The number of amides is 2. The van der Waals surface area contributed by atoms with Crippen LogP contribution in [0.15, 0.2) is 0 Å². The molecule has 1 aromatic heterocycles. The van der Waals surface area contributed by atoms with Gasteiger partial charge in [-0.2, -0.15) is 5.10 Å². The van der Waals surface area contributed by atoms with E-state index in [0.717, 1.165) is 30.7 Å². The molecule has 1 aliphatic rings. The normalized spacial score (nSPS) is 19.0. The highest BCUT2D eigenvalue weighted by Crippen LogP contribution is 2.22.